The van der Waals surface area contributed by atoms with Crippen LogP contribution in [0.4, 0.5) is 21.5 Å². The Morgan fingerprint density at radius 1 is 1.45 bits per heavy atom. The third kappa shape index (κ3) is 2.63. The maximum absolute atomic E-state index is 13.1. The van der Waals surface area contributed by atoms with Crippen molar-refractivity contribution in [3.8, 4) is 0 Å². The minimum atomic E-state index is -1.27. The maximum atomic E-state index is 13.1. The summed E-state index contributed by atoms with van der Waals surface area (Å²) in [6.07, 6.45) is -0.291. The predicted octanol–water partition coefficient (Wildman–Crippen LogP) is 1.81. The minimum Gasteiger partial charge on any atom is -0.478 e. The molecule has 1 heterocycles. The van der Waals surface area contributed by atoms with E-state index in [1.54, 1.807) is 4.90 Å². The van der Waals surface area contributed by atoms with Gasteiger partial charge in [-0.05, 0) is 18.9 Å². The molecule has 0 saturated carbocycles. The van der Waals surface area contributed by atoms with Crippen LogP contribution in [0.5, 0.6) is 0 Å². The molecular formula is C12H14FN3O4. The molecule has 8 heteroatoms. The van der Waals surface area contributed by atoms with E-state index in [0.717, 1.165) is 6.07 Å². The number of nitrogens with zero attached hydrogens (tertiary/aromatic N) is 2. The van der Waals surface area contributed by atoms with Gasteiger partial charge in [-0.3, -0.25) is 10.1 Å². The summed E-state index contributed by atoms with van der Waals surface area (Å²) in [6.45, 7) is 0.720. The number of nitrogen functional groups attached to an aromatic ring is 1. The second-order valence-electron chi connectivity index (χ2n) is 4.65. The number of hydrogen-bond acceptors (Lipinski definition) is 5. The summed E-state index contributed by atoms with van der Waals surface area (Å²) in [5.41, 5.74) is 5.16. The summed E-state index contributed by atoms with van der Waals surface area (Å²) >= 11 is 0. The Balaban J connectivity index is 2.44. The van der Waals surface area contributed by atoms with Crippen molar-refractivity contribution in [2.24, 2.45) is 0 Å². The van der Waals surface area contributed by atoms with E-state index in [1.165, 1.54) is 6.07 Å². The third-order valence-electron chi connectivity index (χ3n) is 3.34. The molecule has 108 valence electrons. The molecule has 0 aliphatic carbocycles. The SMILES string of the molecule is Nc1cc(N2CCC(F)CC2)c(C(=O)O)cc1[N+](=O)[O-]. The highest BCUT2D eigenvalue weighted by Gasteiger charge is 2.26. The topological polar surface area (TPSA) is 110 Å². The molecule has 3 N–H and O–H groups in total. The number of hydrogen-bond donors (Lipinski definition) is 2. The Morgan fingerprint density at radius 2 is 2.05 bits per heavy atom. The van der Waals surface area contributed by atoms with Crippen LogP contribution in [-0.2, 0) is 0 Å². The first-order valence-electron chi connectivity index (χ1n) is 6.10. The first-order valence-corrected chi connectivity index (χ1v) is 6.10. The van der Waals surface area contributed by atoms with Gasteiger partial charge in [0.05, 0.1) is 16.2 Å². The van der Waals surface area contributed by atoms with Gasteiger partial charge in [-0.2, -0.15) is 0 Å². The van der Waals surface area contributed by atoms with E-state index >= 15 is 0 Å². The molecule has 1 aromatic rings. The molecule has 0 radical (unpaired) electrons. The lowest BCUT2D eigenvalue weighted by Gasteiger charge is -2.31. The van der Waals surface area contributed by atoms with Crippen LogP contribution >= 0.6 is 0 Å². The number of nitro groups is 1. The number of carbonyl (C=O) groups is 1. The first-order chi connectivity index (χ1) is 9.40. The fraction of sp³-hybridized carbons (Fsp3) is 0.417. The first kappa shape index (κ1) is 14.0. The molecule has 0 atom stereocenters. The number of anilines is 2. The van der Waals surface area contributed by atoms with Crippen molar-refractivity contribution >= 4 is 23.0 Å². The smallest absolute Gasteiger partial charge is 0.338 e. The van der Waals surface area contributed by atoms with Crippen LogP contribution in [0, 0.1) is 10.1 Å². The zero-order valence-electron chi connectivity index (χ0n) is 10.6. The molecule has 1 fully saturated rings. The lowest BCUT2D eigenvalue weighted by molar-refractivity contribution is -0.383. The van der Waals surface area contributed by atoms with E-state index in [2.05, 4.69) is 0 Å². The highest BCUT2D eigenvalue weighted by molar-refractivity contribution is 5.97. The van der Waals surface area contributed by atoms with Gasteiger partial charge in [0.25, 0.3) is 5.69 Å². The third-order valence-corrected chi connectivity index (χ3v) is 3.34. The van der Waals surface area contributed by atoms with Crippen molar-refractivity contribution in [3.05, 3.63) is 27.8 Å². The lowest BCUT2D eigenvalue weighted by atomic mass is 10.0. The van der Waals surface area contributed by atoms with Gasteiger partial charge in [0.1, 0.15) is 11.9 Å². The standard InChI is InChI=1S/C12H14FN3O4/c13-7-1-3-15(4-2-7)10-6-9(14)11(16(19)20)5-8(10)12(17)18/h5-7H,1-4,14H2,(H,17,18). The molecule has 1 aliphatic heterocycles. The van der Waals surface area contributed by atoms with Crippen molar-refractivity contribution in [2.45, 2.75) is 19.0 Å². The number of alkyl halides is 1. The lowest BCUT2D eigenvalue weighted by Crippen LogP contribution is -2.35. The van der Waals surface area contributed by atoms with Crippen LogP contribution in [0.2, 0.25) is 0 Å². The van der Waals surface area contributed by atoms with E-state index < -0.39 is 22.8 Å². The molecule has 0 unspecified atom stereocenters. The van der Waals surface area contributed by atoms with Gasteiger partial charge in [-0.25, -0.2) is 9.18 Å². The van der Waals surface area contributed by atoms with Crippen LogP contribution < -0.4 is 10.6 Å². The second kappa shape index (κ2) is 5.32. The predicted molar refractivity (Wildman–Crippen MR) is 70.8 cm³/mol. The van der Waals surface area contributed by atoms with Crippen molar-refractivity contribution in [1.29, 1.82) is 0 Å². The number of nitro benzene ring substituents is 1. The van der Waals surface area contributed by atoms with Crippen LogP contribution in [0.1, 0.15) is 23.2 Å². The second-order valence-corrected chi connectivity index (χ2v) is 4.65. The number of rotatable bonds is 3. The van der Waals surface area contributed by atoms with Crippen molar-refractivity contribution in [1.82, 2.24) is 0 Å². The van der Waals surface area contributed by atoms with Gasteiger partial charge in [-0.15, -0.1) is 0 Å². The molecule has 0 bridgehead atoms. The molecule has 1 aliphatic rings. The fourth-order valence-corrected chi connectivity index (χ4v) is 2.27. The van der Waals surface area contributed by atoms with Gasteiger partial charge in [0.15, 0.2) is 0 Å². The Bertz CT molecular complexity index is 556. The zero-order valence-corrected chi connectivity index (χ0v) is 10.6. The van der Waals surface area contributed by atoms with Gasteiger partial charge in [-0.1, -0.05) is 0 Å². The number of nitrogens with two attached hydrogens (primary N) is 1. The Kier molecular flexibility index (Phi) is 3.73. The van der Waals surface area contributed by atoms with Crippen LogP contribution in [-0.4, -0.2) is 35.3 Å². The van der Waals surface area contributed by atoms with E-state index in [9.17, 15) is 24.4 Å². The van der Waals surface area contributed by atoms with Crippen molar-refractivity contribution in [2.75, 3.05) is 23.7 Å². The molecule has 20 heavy (non-hydrogen) atoms. The summed E-state index contributed by atoms with van der Waals surface area (Å²) in [5, 5.41) is 20.0. The number of carboxylic acids is 1. The van der Waals surface area contributed by atoms with Crippen molar-refractivity contribution < 1.29 is 19.2 Å². The Labute approximate surface area is 113 Å². The Hall–Kier alpha value is -2.38. The van der Waals surface area contributed by atoms with Gasteiger partial charge in [0, 0.05) is 19.2 Å². The van der Waals surface area contributed by atoms with Crippen LogP contribution in [0.25, 0.3) is 0 Å². The van der Waals surface area contributed by atoms with Crippen LogP contribution in [0.15, 0.2) is 12.1 Å². The molecule has 1 aromatic carbocycles. The van der Waals surface area contributed by atoms with E-state index in [0.29, 0.717) is 31.6 Å². The van der Waals surface area contributed by atoms with Crippen LogP contribution in [0.3, 0.4) is 0 Å². The summed E-state index contributed by atoms with van der Waals surface area (Å²) in [5.74, 6) is -1.27. The summed E-state index contributed by atoms with van der Waals surface area (Å²) < 4.78 is 13.1. The molecule has 0 spiro atoms. The van der Waals surface area contributed by atoms with Gasteiger partial charge in [0.2, 0.25) is 0 Å². The van der Waals surface area contributed by atoms with Crippen molar-refractivity contribution in [3.63, 3.8) is 0 Å². The molecule has 1 saturated heterocycles. The fourth-order valence-electron chi connectivity index (χ4n) is 2.27. The number of benzene rings is 1. The number of halogens is 1. The highest BCUT2D eigenvalue weighted by Crippen LogP contribution is 2.33. The molecule has 7 nitrogen and oxygen atoms in total. The zero-order chi connectivity index (χ0) is 14.9. The highest BCUT2D eigenvalue weighted by atomic mass is 19.1. The largest absolute Gasteiger partial charge is 0.478 e. The van der Waals surface area contributed by atoms with E-state index in [-0.39, 0.29) is 11.3 Å². The molecule has 0 aromatic heterocycles. The molecular weight excluding hydrogens is 269 g/mol. The average Bonchev–Trinajstić information content (AvgIpc) is 2.38. The van der Waals surface area contributed by atoms with E-state index in [1.807, 2.05) is 0 Å². The quantitative estimate of drug-likeness (QED) is 0.497. The minimum absolute atomic E-state index is 0.0997. The normalized spacial score (nSPS) is 16.1. The summed E-state index contributed by atoms with van der Waals surface area (Å²) in [7, 11) is 0. The number of aromatic carboxylic acids is 1. The number of piperidine rings is 1. The monoisotopic (exact) mass is 283 g/mol. The van der Waals surface area contributed by atoms with E-state index in [4.69, 9.17) is 5.73 Å². The molecule has 2 rings (SSSR count). The Morgan fingerprint density at radius 3 is 2.55 bits per heavy atom. The van der Waals surface area contributed by atoms with Gasteiger partial charge < -0.3 is 15.7 Å². The molecule has 0 amide bonds. The summed E-state index contributed by atoms with van der Waals surface area (Å²) in [6, 6.07) is 2.23. The average molecular weight is 283 g/mol. The summed E-state index contributed by atoms with van der Waals surface area (Å²) in [4.78, 5) is 23.0. The van der Waals surface area contributed by atoms with Gasteiger partial charge >= 0.3 is 5.97 Å². The number of carboxylic acid groups (broad SMARTS) is 1. The maximum Gasteiger partial charge on any atom is 0.338 e.